The fraction of sp³-hybridized carbons (Fsp3) is 0.533. The van der Waals surface area contributed by atoms with Gasteiger partial charge in [-0.05, 0) is 26.8 Å². The maximum Gasteiger partial charge on any atom is 0.339 e. The van der Waals surface area contributed by atoms with Crippen molar-refractivity contribution in [2.24, 2.45) is 0 Å². The summed E-state index contributed by atoms with van der Waals surface area (Å²) < 4.78 is 15.9. The van der Waals surface area contributed by atoms with Gasteiger partial charge in [-0.3, -0.25) is 0 Å². The van der Waals surface area contributed by atoms with E-state index in [0.717, 1.165) is 5.56 Å². The van der Waals surface area contributed by atoms with Crippen LogP contribution >= 0.6 is 0 Å². The van der Waals surface area contributed by atoms with Crippen molar-refractivity contribution in [1.82, 2.24) is 0 Å². The maximum atomic E-state index is 11.7. The number of hydrogen-bond acceptors (Lipinski definition) is 6. The highest BCUT2D eigenvalue weighted by Crippen LogP contribution is 2.38. The first-order chi connectivity index (χ1) is 9.75. The lowest BCUT2D eigenvalue weighted by molar-refractivity contribution is -0.0662. The lowest BCUT2D eigenvalue weighted by Gasteiger charge is -2.25. The van der Waals surface area contributed by atoms with Crippen LogP contribution in [-0.2, 0) is 11.3 Å². The minimum Gasteiger partial charge on any atom is -0.496 e. The molecule has 2 rings (SSSR count). The number of ether oxygens (including phenoxy) is 3. The zero-order chi connectivity index (χ0) is 15.8. The Hall–Kier alpha value is -1.79. The molecule has 0 saturated heterocycles. The van der Waals surface area contributed by atoms with Crippen molar-refractivity contribution in [3.05, 3.63) is 22.8 Å². The molecule has 0 fully saturated rings. The Morgan fingerprint density at radius 3 is 2.71 bits per heavy atom. The smallest absolute Gasteiger partial charge is 0.339 e. The van der Waals surface area contributed by atoms with Gasteiger partial charge in [0.1, 0.15) is 30.8 Å². The molecule has 1 atom stereocenters. The van der Waals surface area contributed by atoms with Crippen LogP contribution in [0.2, 0.25) is 0 Å². The van der Waals surface area contributed by atoms with E-state index in [4.69, 9.17) is 14.2 Å². The summed E-state index contributed by atoms with van der Waals surface area (Å²) in [5.41, 5.74) is 0.561. The Morgan fingerprint density at radius 1 is 1.48 bits per heavy atom. The highest BCUT2D eigenvalue weighted by atomic mass is 16.5. The van der Waals surface area contributed by atoms with E-state index in [1.54, 1.807) is 13.0 Å². The fourth-order valence-corrected chi connectivity index (χ4v) is 2.13. The molecule has 1 aliphatic heterocycles. The first kappa shape index (κ1) is 15.6. The molecule has 0 saturated carbocycles. The van der Waals surface area contributed by atoms with E-state index in [-0.39, 0.29) is 13.2 Å². The molecule has 0 aromatic heterocycles. The van der Waals surface area contributed by atoms with Gasteiger partial charge in [-0.1, -0.05) is 0 Å². The number of benzene rings is 1. The van der Waals surface area contributed by atoms with Crippen molar-refractivity contribution in [2.75, 3.05) is 13.7 Å². The van der Waals surface area contributed by atoms with E-state index in [1.807, 2.05) is 0 Å². The zero-order valence-corrected chi connectivity index (χ0v) is 12.6. The van der Waals surface area contributed by atoms with Crippen molar-refractivity contribution in [3.63, 3.8) is 0 Å². The second-order valence-corrected chi connectivity index (χ2v) is 5.62. The summed E-state index contributed by atoms with van der Waals surface area (Å²) in [7, 11) is 1.51. The quantitative estimate of drug-likeness (QED) is 0.794. The number of aliphatic hydroxyl groups is 2. The van der Waals surface area contributed by atoms with Crippen LogP contribution in [0.3, 0.4) is 0 Å². The Bertz CT molecular complexity index is 558. The Labute approximate surface area is 123 Å². The summed E-state index contributed by atoms with van der Waals surface area (Å²) in [6.45, 7) is 4.88. The summed E-state index contributed by atoms with van der Waals surface area (Å²) in [4.78, 5) is 11.7. The number of carbonyl (C=O) groups is 1. The van der Waals surface area contributed by atoms with Gasteiger partial charge in [-0.2, -0.15) is 0 Å². The normalized spacial score (nSPS) is 15.4. The lowest BCUT2D eigenvalue weighted by atomic mass is 10.0. The third kappa shape index (κ3) is 2.96. The molecule has 0 aliphatic carbocycles. The third-order valence-corrected chi connectivity index (χ3v) is 3.57. The molecule has 0 unspecified atom stereocenters. The predicted molar refractivity (Wildman–Crippen MR) is 74.7 cm³/mol. The van der Waals surface area contributed by atoms with Crippen LogP contribution in [-0.4, -0.2) is 41.6 Å². The molecule has 0 radical (unpaired) electrons. The topological polar surface area (TPSA) is 85.2 Å². The molecule has 116 valence electrons. The summed E-state index contributed by atoms with van der Waals surface area (Å²) in [5.74, 6) is 0.551. The first-order valence-corrected chi connectivity index (χ1v) is 6.66. The molecule has 6 heteroatoms. The van der Waals surface area contributed by atoms with Gasteiger partial charge >= 0.3 is 5.97 Å². The van der Waals surface area contributed by atoms with E-state index in [2.05, 4.69) is 0 Å². The van der Waals surface area contributed by atoms with Crippen molar-refractivity contribution in [2.45, 2.75) is 39.1 Å². The Balaban J connectivity index is 2.29. The largest absolute Gasteiger partial charge is 0.496 e. The van der Waals surface area contributed by atoms with Crippen LogP contribution in [0.1, 0.15) is 35.3 Å². The second-order valence-electron chi connectivity index (χ2n) is 5.62. The molecule has 2 N–H and O–H groups in total. The van der Waals surface area contributed by atoms with Crippen LogP contribution in [0.25, 0.3) is 0 Å². The van der Waals surface area contributed by atoms with E-state index < -0.39 is 17.7 Å². The summed E-state index contributed by atoms with van der Waals surface area (Å²) in [6.07, 6.45) is -1.05. The summed E-state index contributed by atoms with van der Waals surface area (Å²) in [6, 6.07) is 1.58. The highest BCUT2D eigenvalue weighted by Gasteiger charge is 2.29. The molecule has 1 aromatic rings. The number of cyclic esters (lactones) is 1. The van der Waals surface area contributed by atoms with Gasteiger partial charge in [0.05, 0.1) is 18.3 Å². The Kier molecular flexibility index (Phi) is 4.11. The van der Waals surface area contributed by atoms with Crippen molar-refractivity contribution in [3.8, 4) is 11.5 Å². The van der Waals surface area contributed by atoms with Crippen LogP contribution < -0.4 is 9.47 Å². The van der Waals surface area contributed by atoms with Crippen molar-refractivity contribution >= 4 is 5.97 Å². The third-order valence-electron chi connectivity index (χ3n) is 3.57. The molecule has 1 aromatic carbocycles. The lowest BCUT2D eigenvalue weighted by Crippen LogP contribution is -2.40. The monoisotopic (exact) mass is 296 g/mol. The summed E-state index contributed by atoms with van der Waals surface area (Å²) in [5, 5.41) is 19.5. The van der Waals surface area contributed by atoms with Gasteiger partial charge < -0.3 is 24.4 Å². The highest BCUT2D eigenvalue weighted by molar-refractivity contribution is 5.95. The molecule has 1 aliphatic rings. The SMILES string of the molecule is COc1c(C)c(OC[C@@H](O)C(C)(C)O)cc2c1COC2=O. The van der Waals surface area contributed by atoms with Crippen LogP contribution in [0.15, 0.2) is 6.07 Å². The molecule has 1 heterocycles. The molecular weight excluding hydrogens is 276 g/mol. The second kappa shape index (κ2) is 5.54. The van der Waals surface area contributed by atoms with Crippen LogP contribution in [0.4, 0.5) is 0 Å². The molecular formula is C15H20O6. The van der Waals surface area contributed by atoms with Crippen molar-refractivity contribution < 1.29 is 29.2 Å². The Morgan fingerprint density at radius 2 is 2.14 bits per heavy atom. The number of methoxy groups -OCH3 is 1. The van der Waals surface area contributed by atoms with E-state index in [1.165, 1.54) is 21.0 Å². The van der Waals surface area contributed by atoms with Gasteiger partial charge in [0, 0.05) is 11.1 Å². The minimum atomic E-state index is -1.27. The number of aliphatic hydroxyl groups excluding tert-OH is 1. The zero-order valence-electron chi connectivity index (χ0n) is 12.6. The van der Waals surface area contributed by atoms with Crippen LogP contribution in [0, 0.1) is 6.92 Å². The van der Waals surface area contributed by atoms with Gasteiger partial charge in [0.2, 0.25) is 0 Å². The van der Waals surface area contributed by atoms with Gasteiger partial charge in [0.15, 0.2) is 0 Å². The molecule has 6 nitrogen and oxygen atoms in total. The molecule has 0 bridgehead atoms. The standard InChI is InChI=1S/C15H20O6/c1-8-11(20-7-12(16)15(2,3)18)5-9-10(13(8)19-4)6-21-14(9)17/h5,12,16,18H,6-7H2,1-4H3/t12-/m1/s1. The number of fused-ring (bicyclic) bond motifs is 1. The summed E-state index contributed by atoms with van der Waals surface area (Å²) >= 11 is 0. The minimum absolute atomic E-state index is 0.0959. The van der Waals surface area contributed by atoms with E-state index >= 15 is 0 Å². The molecule has 21 heavy (non-hydrogen) atoms. The number of esters is 1. The maximum absolute atomic E-state index is 11.7. The van der Waals surface area contributed by atoms with Gasteiger partial charge in [-0.15, -0.1) is 0 Å². The van der Waals surface area contributed by atoms with Gasteiger partial charge in [-0.25, -0.2) is 4.79 Å². The predicted octanol–water partition coefficient (Wildman–Crippen LogP) is 1.18. The van der Waals surface area contributed by atoms with E-state index in [9.17, 15) is 15.0 Å². The van der Waals surface area contributed by atoms with Crippen LogP contribution in [0.5, 0.6) is 11.5 Å². The number of hydrogen-bond donors (Lipinski definition) is 2. The fourth-order valence-electron chi connectivity index (χ4n) is 2.13. The van der Waals surface area contributed by atoms with E-state index in [0.29, 0.717) is 22.6 Å². The van der Waals surface area contributed by atoms with Gasteiger partial charge in [0.25, 0.3) is 0 Å². The van der Waals surface area contributed by atoms with Crippen molar-refractivity contribution in [1.29, 1.82) is 0 Å². The molecule has 0 amide bonds. The average Bonchev–Trinajstić information content (AvgIpc) is 2.76. The first-order valence-electron chi connectivity index (χ1n) is 6.66. The average molecular weight is 296 g/mol. The number of carbonyl (C=O) groups excluding carboxylic acids is 1. The molecule has 0 spiro atoms. The number of rotatable bonds is 5.